The second-order valence-corrected chi connectivity index (χ2v) is 9.97. The molecule has 4 rings (SSSR count). The summed E-state index contributed by atoms with van der Waals surface area (Å²) in [5.74, 6) is 1.41. The van der Waals surface area contributed by atoms with Crippen molar-refractivity contribution in [3.05, 3.63) is 65.2 Å². The second-order valence-electron chi connectivity index (χ2n) is 8.00. The summed E-state index contributed by atoms with van der Waals surface area (Å²) >= 11 is 0. The van der Waals surface area contributed by atoms with Crippen LogP contribution in [0.4, 0.5) is 0 Å². The molecule has 5 nitrogen and oxygen atoms in total. The van der Waals surface area contributed by atoms with Crippen LogP contribution in [-0.4, -0.2) is 50.4 Å². The van der Waals surface area contributed by atoms with Crippen molar-refractivity contribution < 1.29 is 13.2 Å². The summed E-state index contributed by atoms with van der Waals surface area (Å²) in [7, 11) is -1.58. The molecule has 2 atom stereocenters. The van der Waals surface area contributed by atoms with Gasteiger partial charge in [0.25, 0.3) is 0 Å². The van der Waals surface area contributed by atoms with Gasteiger partial charge in [0.2, 0.25) is 10.0 Å². The van der Waals surface area contributed by atoms with Crippen LogP contribution in [0.25, 0.3) is 0 Å². The first-order valence-corrected chi connectivity index (χ1v) is 11.5. The summed E-state index contributed by atoms with van der Waals surface area (Å²) in [4.78, 5) is 2.46. The average Bonchev–Trinajstić information content (AvgIpc) is 2.65. The Kier molecular flexibility index (Phi) is 5.45. The molecule has 2 aromatic rings. The van der Waals surface area contributed by atoms with Gasteiger partial charge in [0.1, 0.15) is 5.75 Å². The Hall–Kier alpha value is -1.89. The number of piperidine rings is 1. The molecular weight excluding hydrogens is 372 g/mol. The summed E-state index contributed by atoms with van der Waals surface area (Å²) in [6, 6.07) is 16.4. The number of aryl methyl sites for hydroxylation is 1. The van der Waals surface area contributed by atoms with E-state index in [1.54, 1.807) is 11.4 Å². The smallest absolute Gasteiger partial charge is 0.218 e. The van der Waals surface area contributed by atoms with E-state index in [0.717, 1.165) is 36.4 Å². The lowest BCUT2D eigenvalue weighted by molar-refractivity contribution is -0.0306. The van der Waals surface area contributed by atoms with E-state index in [2.05, 4.69) is 17.0 Å². The Morgan fingerprint density at radius 1 is 1.07 bits per heavy atom. The number of hydrogen-bond donors (Lipinski definition) is 0. The summed E-state index contributed by atoms with van der Waals surface area (Å²) in [6.07, 6.45) is 0.904. The highest BCUT2D eigenvalue weighted by molar-refractivity contribution is 7.88. The molecule has 2 aliphatic heterocycles. The fourth-order valence-electron chi connectivity index (χ4n) is 4.49. The molecule has 0 saturated carbocycles. The molecule has 2 heterocycles. The van der Waals surface area contributed by atoms with Gasteiger partial charge in [-0.2, -0.15) is 0 Å². The van der Waals surface area contributed by atoms with Crippen LogP contribution in [0.3, 0.4) is 0 Å². The molecule has 6 heteroatoms. The van der Waals surface area contributed by atoms with Crippen LogP contribution in [0, 0.1) is 12.8 Å². The highest BCUT2D eigenvalue weighted by Crippen LogP contribution is 2.35. The molecular formula is C22H28N2O3S. The van der Waals surface area contributed by atoms with Crippen molar-refractivity contribution in [1.82, 2.24) is 9.21 Å². The SMILES string of the molecule is COc1cccc(CN2C[C@@H]3CN(S(=O)(=O)Cc4cccc(C)c4)CC[C@@H]32)c1. The number of nitrogens with zero attached hydrogens (tertiary/aromatic N) is 2. The summed E-state index contributed by atoms with van der Waals surface area (Å²) in [5, 5.41) is 0. The molecule has 0 spiro atoms. The number of fused-ring (bicyclic) bond motifs is 1. The van der Waals surface area contributed by atoms with Crippen molar-refractivity contribution in [2.24, 2.45) is 5.92 Å². The molecule has 2 fully saturated rings. The van der Waals surface area contributed by atoms with Crippen molar-refractivity contribution in [3.63, 3.8) is 0 Å². The van der Waals surface area contributed by atoms with Crippen molar-refractivity contribution >= 4 is 10.0 Å². The molecule has 0 aliphatic carbocycles. The van der Waals surface area contributed by atoms with Gasteiger partial charge in [0.15, 0.2) is 0 Å². The van der Waals surface area contributed by atoms with E-state index in [-0.39, 0.29) is 5.75 Å². The fourth-order valence-corrected chi connectivity index (χ4v) is 6.07. The Morgan fingerprint density at radius 2 is 1.86 bits per heavy atom. The minimum Gasteiger partial charge on any atom is -0.497 e. The lowest BCUT2D eigenvalue weighted by Gasteiger charge is -2.53. The molecule has 2 aromatic carbocycles. The monoisotopic (exact) mass is 400 g/mol. The molecule has 150 valence electrons. The molecule has 0 aromatic heterocycles. The van der Waals surface area contributed by atoms with Crippen molar-refractivity contribution in [1.29, 1.82) is 0 Å². The Labute approximate surface area is 168 Å². The number of methoxy groups -OCH3 is 1. The zero-order valence-corrected chi connectivity index (χ0v) is 17.4. The first kappa shape index (κ1) is 19.4. The van der Waals surface area contributed by atoms with Crippen LogP contribution in [0.1, 0.15) is 23.1 Å². The van der Waals surface area contributed by atoms with Crippen molar-refractivity contribution in [2.45, 2.75) is 31.7 Å². The number of sulfonamides is 1. The number of ether oxygens (including phenoxy) is 1. The second kappa shape index (κ2) is 7.85. The van der Waals surface area contributed by atoms with Gasteiger partial charge in [-0.15, -0.1) is 0 Å². The van der Waals surface area contributed by atoms with E-state index in [4.69, 9.17) is 4.74 Å². The maximum absolute atomic E-state index is 12.9. The zero-order valence-electron chi connectivity index (χ0n) is 16.5. The van der Waals surface area contributed by atoms with Crippen molar-refractivity contribution in [3.8, 4) is 5.75 Å². The summed E-state index contributed by atoms with van der Waals surface area (Å²) < 4.78 is 32.8. The minimum atomic E-state index is -3.26. The highest BCUT2D eigenvalue weighted by atomic mass is 32.2. The van der Waals surface area contributed by atoms with Gasteiger partial charge in [-0.05, 0) is 36.6 Å². The first-order chi connectivity index (χ1) is 13.4. The zero-order chi connectivity index (χ0) is 19.7. The molecule has 2 saturated heterocycles. The topological polar surface area (TPSA) is 49.9 Å². The Balaban J connectivity index is 1.35. The number of likely N-dealkylation sites (tertiary alicyclic amines) is 1. The van der Waals surface area contributed by atoms with Gasteiger partial charge in [-0.1, -0.05) is 42.0 Å². The Morgan fingerprint density at radius 3 is 2.61 bits per heavy atom. The normalized spacial score (nSPS) is 23.1. The largest absolute Gasteiger partial charge is 0.497 e. The van der Waals surface area contributed by atoms with Gasteiger partial charge in [-0.25, -0.2) is 12.7 Å². The first-order valence-electron chi connectivity index (χ1n) is 9.85. The molecule has 0 N–H and O–H groups in total. The predicted molar refractivity (Wildman–Crippen MR) is 111 cm³/mol. The van der Waals surface area contributed by atoms with Crippen LogP contribution < -0.4 is 4.74 Å². The Bertz CT molecular complexity index is 944. The molecule has 28 heavy (non-hydrogen) atoms. The number of rotatable bonds is 6. The van der Waals surface area contributed by atoms with Crippen LogP contribution in [0.5, 0.6) is 5.75 Å². The maximum Gasteiger partial charge on any atom is 0.218 e. The lowest BCUT2D eigenvalue weighted by Crippen LogP contribution is -2.63. The molecule has 2 aliphatic rings. The van der Waals surface area contributed by atoms with Crippen LogP contribution in [0.2, 0.25) is 0 Å². The van der Waals surface area contributed by atoms with Crippen LogP contribution in [0.15, 0.2) is 48.5 Å². The van der Waals surface area contributed by atoms with Gasteiger partial charge in [0, 0.05) is 38.1 Å². The fraction of sp³-hybridized carbons (Fsp3) is 0.455. The highest BCUT2D eigenvalue weighted by Gasteiger charge is 2.44. The van der Waals surface area contributed by atoms with E-state index in [9.17, 15) is 8.42 Å². The molecule has 0 bridgehead atoms. The maximum atomic E-state index is 12.9. The van der Waals surface area contributed by atoms with E-state index in [0.29, 0.717) is 25.0 Å². The molecule has 0 unspecified atom stereocenters. The van der Waals surface area contributed by atoms with E-state index in [1.807, 2.05) is 43.3 Å². The lowest BCUT2D eigenvalue weighted by atomic mass is 9.83. The number of hydrogen-bond acceptors (Lipinski definition) is 4. The summed E-state index contributed by atoms with van der Waals surface area (Å²) in [6.45, 7) is 5.11. The summed E-state index contributed by atoms with van der Waals surface area (Å²) in [5.41, 5.74) is 3.21. The van der Waals surface area contributed by atoms with Gasteiger partial charge < -0.3 is 4.74 Å². The van der Waals surface area contributed by atoms with E-state index in [1.165, 1.54) is 5.56 Å². The third-order valence-corrected chi connectivity index (χ3v) is 7.76. The standard InChI is InChI=1S/C22H28N2O3S/c1-17-5-3-7-19(11-17)16-28(25,26)24-10-9-22-20(15-24)14-23(22)13-18-6-4-8-21(12-18)27-2/h3-8,11-12,20,22H,9-10,13-16H2,1-2H3/t20-,22+/m1/s1. The van der Waals surface area contributed by atoms with Gasteiger partial charge in [0.05, 0.1) is 12.9 Å². The van der Waals surface area contributed by atoms with Crippen LogP contribution in [-0.2, 0) is 22.3 Å². The van der Waals surface area contributed by atoms with Crippen LogP contribution >= 0.6 is 0 Å². The van der Waals surface area contributed by atoms with Gasteiger partial charge >= 0.3 is 0 Å². The van der Waals surface area contributed by atoms with Gasteiger partial charge in [-0.3, -0.25) is 4.90 Å². The predicted octanol–water partition coefficient (Wildman–Crippen LogP) is 3.04. The molecule has 0 radical (unpaired) electrons. The van der Waals surface area contributed by atoms with Crippen molar-refractivity contribution in [2.75, 3.05) is 26.7 Å². The minimum absolute atomic E-state index is 0.0968. The van der Waals surface area contributed by atoms with E-state index < -0.39 is 10.0 Å². The quantitative estimate of drug-likeness (QED) is 0.748. The number of benzene rings is 2. The molecule has 0 amide bonds. The third kappa shape index (κ3) is 4.09. The van der Waals surface area contributed by atoms with E-state index >= 15 is 0 Å². The average molecular weight is 401 g/mol. The third-order valence-electron chi connectivity index (χ3n) is 5.94.